The summed E-state index contributed by atoms with van der Waals surface area (Å²) >= 11 is 0. The molecule has 0 spiro atoms. The van der Waals surface area contributed by atoms with Gasteiger partial charge in [-0.3, -0.25) is 0 Å². The van der Waals surface area contributed by atoms with Crippen molar-refractivity contribution in [2.45, 2.75) is 37.5 Å². The van der Waals surface area contributed by atoms with Crippen LogP contribution in [-0.4, -0.2) is 21.6 Å². The van der Waals surface area contributed by atoms with Gasteiger partial charge in [0.15, 0.2) is 0 Å². The summed E-state index contributed by atoms with van der Waals surface area (Å²) in [6.45, 7) is 2.26. The molecule has 2 aromatic rings. The van der Waals surface area contributed by atoms with Gasteiger partial charge in [0.25, 0.3) is 0 Å². The molecule has 0 unspecified atom stereocenters. The minimum Gasteiger partial charge on any atom is -0.481 e. The molecule has 2 aromatic carbocycles. The van der Waals surface area contributed by atoms with Crippen molar-refractivity contribution in [2.24, 2.45) is 0 Å². The monoisotopic (exact) mass is 369 g/mol. The highest BCUT2D eigenvalue weighted by molar-refractivity contribution is 7.89. The fourth-order valence-electron chi connectivity index (χ4n) is 3.04. The number of benzene rings is 2. The van der Waals surface area contributed by atoms with Crippen molar-refractivity contribution >= 4 is 10.0 Å². The van der Waals surface area contributed by atoms with Crippen LogP contribution in [-0.2, 0) is 22.9 Å². The van der Waals surface area contributed by atoms with Crippen LogP contribution in [0.3, 0.4) is 0 Å². The van der Waals surface area contributed by atoms with Gasteiger partial charge in [0.05, 0.1) is 11.4 Å². The van der Waals surface area contributed by atoms with Crippen LogP contribution in [0.4, 0.5) is 0 Å². The molecule has 1 N–H and O–H groups in total. The molecule has 0 saturated carbocycles. The number of hydrogen-bond acceptors (Lipinski definition) is 3. The fourth-order valence-corrected chi connectivity index (χ4v) is 4.01. The smallest absolute Gasteiger partial charge is 0.241 e. The Balaban J connectivity index is 1.54. The van der Waals surface area contributed by atoms with E-state index >= 15 is 0 Å². The minimum absolute atomic E-state index is 0.0660. The SMILES string of the molecule is Cc1ccccc1OCC#CCNS(=O)(=O)c1ccc2c(c1)CCCC2. The highest BCUT2D eigenvalue weighted by atomic mass is 32.2. The van der Waals surface area contributed by atoms with E-state index in [0.717, 1.165) is 36.1 Å². The Hall–Kier alpha value is -2.29. The predicted molar refractivity (Wildman–Crippen MR) is 103 cm³/mol. The zero-order chi connectivity index (χ0) is 18.4. The van der Waals surface area contributed by atoms with Gasteiger partial charge in [0.1, 0.15) is 12.4 Å². The molecule has 0 aliphatic heterocycles. The predicted octanol–water partition coefficient (Wildman–Crippen LogP) is 3.23. The summed E-state index contributed by atoms with van der Waals surface area (Å²) in [4.78, 5) is 0.316. The molecule has 26 heavy (non-hydrogen) atoms. The number of rotatable bonds is 5. The summed E-state index contributed by atoms with van der Waals surface area (Å²) < 4.78 is 32.9. The maximum absolute atomic E-state index is 12.4. The lowest BCUT2D eigenvalue weighted by molar-refractivity contribution is 0.367. The second-order valence-electron chi connectivity index (χ2n) is 6.37. The molecule has 5 heteroatoms. The van der Waals surface area contributed by atoms with Crippen molar-refractivity contribution in [3.05, 3.63) is 59.2 Å². The van der Waals surface area contributed by atoms with Gasteiger partial charge < -0.3 is 4.74 Å². The molecule has 0 aromatic heterocycles. The number of nitrogens with one attached hydrogen (secondary N) is 1. The van der Waals surface area contributed by atoms with E-state index in [1.54, 1.807) is 12.1 Å². The van der Waals surface area contributed by atoms with E-state index in [4.69, 9.17) is 4.74 Å². The first-order chi connectivity index (χ1) is 12.6. The van der Waals surface area contributed by atoms with E-state index in [9.17, 15) is 8.42 Å². The summed E-state index contributed by atoms with van der Waals surface area (Å²) in [6, 6.07) is 13.1. The Morgan fingerprint density at radius 1 is 1.04 bits per heavy atom. The van der Waals surface area contributed by atoms with Crippen LogP contribution in [0.15, 0.2) is 47.4 Å². The van der Waals surface area contributed by atoms with Crippen LogP contribution in [0.1, 0.15) is 29.5 Å². The summed E-state index contributed by atoms with van der Waals surface area (Å²) in [5.74, 6) is 6.42. The third-order valence-electron chi connectivity index (χ3n) is 4.50. The average Bonchev–Trinajstić information content (AvgIpc) is 2.65. The second kappa shape index (κ2) is 8.39. The van der Waals surface area contributed by atoms with Crippen LogP contribution >= 0.6 is 0 Å². The van der Waals surface area contributed by atoms with Crippen LogP contribution in [0.2, 0.25) is 0 Å². The summed E-state index contributed by atoms with van der Waals surface area (Å²) in [5, 5.41) is 0. The molecule has 0 heterocycles. The fraction of sp³-hybridized carbons (Fsp3) is 0.333. The molecule has 1 aliphatic rings. The third-order valence-corrected chi connectivity index (χ3v) is 5.90. The number of ether oxygens (including phenoxy) is 1. The zero-order valence-corrected chi connectivity index (χ0v) is 15.7. The molecule has 0 amide bonds. The Morgan fingerprint density at radius 3 is 2.62 bits per heavy atom. The van der Waals surface area contributed by atoms with Gasteiger partial charge in [-0.05, 0) is 67.5 Å². The normalized spacial score (nSPS) is 13.4. The van der Waals surface area contributed by atoms with E-state index in [0.29, 0.717) is 4.90 Å². The van der Waals surface area contributed by atoms with Gasteiger partial charge in [-0.2, -0.15) is 4.72 Å². The first kappa shape index (κ1) is 18.5. The molecule has 3 rings (SSSR count). The van der Waals surface area contributed by atoms with Crippen molar-refractivity contribution in [3.8, 4) is 17.6 Å². The molecule has 0 atom stereocenters. The Morgan fingerprint density at radius 2 is 1.81 bits per heavy atom. The van der Waals surface area contributed by atoms with E-state index in [1.165, 1.54) is 12.0 Å². The standard InChI is InChI=1S/C21H23NO3S/c1-17-8-2-5-11-21(17)25-15-7-6-14-22-26(23,24)20-13-12-18-9-3-4-10-19(18)16-20/h2,5,8,11-13,16,22H,3-4,9-10,14-15H2,1H3. The van der Waals surface area contributed by atoms with Gasteiger partial charge in [0, 0.05) is 0 Å². The second-order valence-corrected chi connectivity index (χ2v) is 8.14. The number of sulfonamides is 1. The maximum Gasteiger partial charge on any atom is 0.241 e. The third kappa shape index (κ3) is 4.66. The van der Waals surface area contributed by atoms with Crippen molar-refractivity contribution in [1.82, 2.24) is 4.72 Å². The quantitative estimate of drug-likeness (QED) is 0.823. The van der Waals surface area contributed by atoms with E-state index < -0.39 is 10.0 Å². The van der Waals surface area contributed by atoms with E-state index in [2.05, 4.69) is 16.6 Å². The average molecular weight is 369 g/mol. The molecule has 0 saturated heterocycles. The van der Waals surface area contributed by atoms with Crippen molar-refractivity contribution in [2.75, 3.05) is 13.2 Å². The first-order valence-corrected chi connectivity index (χ1v) is 10.3. The molecule has 1 aliphatic carbocycles. The molecular formula is C21H23NO3S. The number of fused-ring (bicyclic) bond motifs is 1. The van der Waals surface area contributed by atoms with E-state index in [-0.39, 0.29) is 13.2 Å². The highest BCUT2D eigenvalue weighted by Gasteiger charge is 2.16. The lowest BCUT2D eigenvalue weighted by Gasteiger charge is -2.16. The van der Waals surface area contributed by atoms with Gasteiger partial charge in [-0.25, -0.2) is 8.42 Å². The topological polar surface area (TPSA) is 55.4 Å². The van der Waals surface area contributed by atoms with Gasteiger partial charge in [0.2, 0.25) is 10.0 Å². The summed E-state index contributed by atoms with van der Waals surface area (Å²) in [7, 11) is -3.53. The van der Waals surface area contributed by atoms with Crippen LogP contribution in [0, 0.1) is 18.8 Å². The maximum atomic E-state index is 12.4. The first-order valence-electron chi connectivity index (χ1n) is 8.82. The number of aryl methyl sites for hydroxylation is 3. The molecule has 0 bridgehead atoms. The Bertz CT molecular complexity index is 939. The Labute approximate surface area is 155 Å². The molecule has 0 radical (unpaired) electrons. The lowest BCUT2D eigenvalue weighted by atomic mass is 9.92. The zero-order valence-electron chi connectivity index (χ0n) is 14.9. The minimum atomic E-state index is -3.53. The van der Waals surface area contributed by atoms with Gasteiger partial charge in [-0.1, -0.05) is 36.1 Å². The van der Waals surface area contributed by atoms with Crippen molar-refractivity contribution in [3.63, 3.8) is 0 Å². The van der Waals surface area contributed by atoms with Crippen LogP contribution in [0.5, 0.6) is 5.75 Å². The van der Waals surface area contributed by atoms with Gasteiger partial charge >= 0.3 is 0 Å². The summed E-state index contributed by atoms with van der Waals surface area (Å²) in [6.07, 6.45) is 4.29. The Kier molecular flexibility index (Phi) is 5.97. The molecule has 0 fully saturated rings. The molecule has 4 nitrogen and oxygen atoms in total. The molecule has 136 valence electrons. The summed E-state index contributed by atoms with van der Waals surface area (Å²) in [5.41, 5.74) is 3.46. The highest BCUT2D eigenvalue weighted by Crippen LogP contribution is 2.24. The number of hydrogen-bond donors (Lipinski definition) is 1. The van der Waals surface area contributed by atoms with Crippen LogP contribution < -0.4 is 9.46 Å². The van der Waals surface area contributed by atoms with Crippen LogP contribution in [0.25, 0.3) is 0 Å². The van der Waals surface area contributed by atoms with E-state index in [1.807, 2.05) is 37.3 Å². The molecular weight excluding hydrogens is 346 g/mol. The van der Waals surface area contributed by atoms with Crippen molar-refractivity contribution in [1.29, 1.82) is 0 Å². The van der Waals surface area contributed by atoms with Gasteiger partial charge in [-0.15, -0.1) is 0 Å². The number of para-hydroxylation sites is 1. The lowest BCUT2D eigenvalue weighted by Crippen LogP contribution is -2.24. The largest absolute Gasteiger partial charge is 0.481 e. The van der Waals surface area contributed by atoms with Crippen molar-refractivity contribution < 1.29 is 13.2 Å².